The van der Waals surface area contributed by atoms with Crippen LogP contribution in [0.2, 0.25) is 0 Å². The summed E-state index contributed by atoms with van der Waals surface area (Å²) >= 11 is 1.46. The number of anilines is 1. The van der Waals surface area contributed by atoms with Crippen LogP contribution in [0.15, 0.2) is 6.33 Å². The van der Waals surface area contributed by atoms with Crippen LogP contribution in [-0.2, 0) is 0 Å². The van der Waals surface area contributed by atoms with Crippen LogP contribution in [0.25, 0.3) is 0 Å². The molecule has 2 rings (SSSR count). The lowest BCUT2D eigenvalue weighted by Gasteiger charge is -2.34. The Labute approximate surface area is 81.9 Å². The van der Waals surface area contributed by atoms with E-state index in [2.05, 4.69) is 14.3 Å². The van der Waals surface area contributed by atoms with Crippen molar-refractivity contribution in [3.05, 3.63) is 6.33 Å². The Bertz CT molecular complexity index is 249. The van der Waals surface area contributed by atoms with E-state index in [9.17, 15) is 0 Å². The molecule has 13 heavy (non-hydrogen) atoms. The molecule has 1 saturated heterocycles. The summed E-state index contributed by atoms with van der Waals surface area (Å²) in [5, 5.41) is 1.02. The Morgan fingerprint density at radius 3 is 3.23 bits per heavy atom. The number of nitrogens with two attached hydrogens (primary N) is 1. The zero-order valence-electron chi connectivity index (χ0n) is 7.52. The lowest BCUT2D eigenvalue weighted by Crippen LogP contribution is -2.44. The van der Waals surface area contributed by atoms with E-state index in [1.165, 1.54) is 30.8 Å². The van der Waals surface area contributed by atoms with Gasteiger partial charge in [0, 0.05) is 30.7 Å². The van der Waals surface area contributed by atoms with Crippen LogP contribution >= 0.6 is 11.5 Å². The molecule has 4 nitrogen and oxygen atoms in total. The van der Waals surface area contributed by atoms with Crippen molar-refractivity contribution in [1.29, 1.82) is 0 Å². The first-order valence-corrected chi connectivity index (χ1v) is 5.42. The topological polar surface area (TPSA) is 55.0 Å². The number of rotatable bonds is 2. The summed E-state index contributed by atoms with van der Waals surface area (Å²) in [7, 11) is 0. The predicted molar refractivity (Wildman–Crippen MR) is 53.9 cm³/mol. The summed E-state index contributed by atoms with van der Waals surface area (Å²) in [6, 6.07) is 0.474. The molecular weight excluding hydrogens is 184 g/mol. The van der Waals surface area contributed by atoms with Crippen LogP contribution in [-0.4, -0.2) is 28.5 Å². The van der Waals surface area contributed by atoms with Gasteiger partial charge in [0.25, 0.3) is 0 Å². The van der Waals surface area contributed by atoms with Gasteiger partial charge in [-0.15, -0.1) is 0 Å². The second-order valence-corrected chi connectivity index (χ2v) is 4.06. The molecule has 1 unspecified atom stereocenters. The Hall–Kier alpha value is -0.680. The van der Waals surface area contributed by atoms with Gasteiger partial charge in [0.05, 0.1) is 0 Å². The van der Waals surface area contributed by atoms with Gasteiger partial charge in [0.1, 0.15) is 6.33 Å². The Kier molecular flexibility index (Phi) is 2.75. The summed E-state index contributed by atoms with van der Waals surface area (Å²) in [6.07, 6.45) is 5.34. The maximum absolute atomic E-state index is 5.71. The minimum Gasteiger partial charge on any atom is -0.343 e. The molecular formula is C8H14N4S. The van der Waals surface area contributed by atoms with E-state index >= 15 is 0 Å². The van der Waals surface area contributed by atoms with Gasteiger partial charge in [-0.2, -0.15) is 4.37 Å². The zero-order valence-corrected chi connectivity index (χ0v) is 8.33. The largest absolute Gasteiger partial charge is 0.343 e. The number of hydrogen-bond donors (Lipinski definition) is 1. The van der Waals surface area contributed by atoms with Gasteiger partial charge in [-0.3, -0.25) is 0 Å². The van der Waals surface area contributed by atoms with Gasteiger partial charge in [-0.1, -0.05) is 0 Å². The van der Waals surface area contributed by atoms with E-state index < -0.39 is 0 Å². The van der Waals surface area contributed by atoms with Crippen molar-refractivity contribution in [2.45, 2.75) is 25.3 Å². The van der Waals surface area contributed by atoms with Crippen molar-refractivity contribution in [1.82, 2.24) is 9.36 Å². The van der Waals surface area contributed by atoms with Crippen molar-refractivity contribution in [3.63, 3.8) is 0 Å². The van der Waals surface area contributed by atoms with Gasteiger partial charge in [-0.05, 0) is 19.3 Å². The highest BCUT2D eigenvalue weighted by atomic mass is 32.1. The van der Waals surface area contributed by atoms with E-state index in [0.29, 0.717) is 6.04 Å². The molecule has 0 amide bonds. The van der Waals surface area contributed by atoms with Crippen LogP contribution in [0.5, 0.6) is 0 Å². The number of aromatic nitrogens is 2. The molecule has 0 aromatic carbocycles. The number of hydrogen-bond acceptors (Lipinski definition) is 5. The molecule has 0 saturated carbocycles. The summed E-state index contributed by atoms with van der Waals surface area (Å²) in [5.41, 5.74) is 5.71. The minimum absolute atomic E-state index is 0.474. The highest BCUT2D eigenvalue weighted by Crippen LogP contribution is 2.24. The molecule has 2 heterocycles. The maximum Gasteiger partial charge on any atom is 0.205 e. The van der Waals surface area contributed by atoms with Crippen LogP contribution in [0.4, 0.5) is 5.13 Å². The Balaban J connectivity index is 2.11. The first-order valence-electron chi connectivity index (χ1n) is 4.65. The molecule has 1 aliphatic rings. The fourth-order valence-corrected chi connectivity index (χ4v) is 2.42. The quantitative estimate of drug-likeness (QED) is 0.765. The van der Waals surface area contributed by atoms with Gasteiger partial charge >= 0.3 is 0 Å². The fourth-order valence-electron chi connectivity index (χ4n) is 1.79. The van der Waals surface area contributed by atoms with Gasteiger partial charge in [-0.25, -0.2) is 4.98 Å². The second-order valence-electron chi connectivity index (χ2n) is 3.30. The third-order valence-corrected chi connectivity index (χ3v) is 3.20. The normalized spacial score (nSPS) is 23.5. The second kappa shape index (κ2) is 4.02. The molecule has 0 spiro atoms. The highest BCUT2D eigenvalue weighted by Gasteiger charge is 2.22. The third-order valence-electron chi connectivity index (χ3n) is 2.49. The lowest BCUT2D eigenvalue weighted by molar-refractivity contribution is 0.465. The molecule has 1 fully saturated rings. The summed E-state index contributed by atoms with van der Waals surface area (Å²) < 4.78 is 4.01. The Morgan fingerprint density at radius 1 is 1.62 bits per heavy atom. The van der Waals surface area contributed by atoms with E-state index in [1.54, 1.807) is 6.33 Å². The van der Waals surface area contributed by atoms with Gasteiger partial charge in [0.15, 0.2) is 0 Å². The van der Waals surface area contributed by atoms with E-state index in [1.807, 2.05) is 0 Å². The summed E-state index contributed by atoms with van der Waals surface area (Å²) in [5.74, 6) is 0. The molecule has 1 aromatic heterocycles. The predicted octanol–water partition coefficient (Wildman–Crippen LogP) is 0.856. The first-order chi connectivity index (χ1) is 6.42. The fraction of sp³-hybridized carbons (Fsp3) is 0.750. The Morgan fingerprint density at radius 2 is 2.54 bits per heavy atom. The van der Waals surface area contributed by atoms with Crippen LogP contribution < -0.4 is 10.6 Å². The van der Waals surface area contributed by atoms with Crippen LogP contribution in [0.1, 0.15) is 19.3 Å². The first kappa shape index (κ1) is 8.90. The minimum atomic E-state index is 0.474. The number of piperidine rings is 1. The molecule has 0 aliphatic carbocycles. The van der Waals surface area contributed by atoms with Crippen molar-refractivity contribution >= 4 is 16.7 Å². The third kappa shape index (κ3) is 1.81. The summed E-state index contributed by atoms with van der Waals surface area (Å²) in [4.78, 5) is 6.51. The molecule has 0 bridgehead atoms. The highest BCUT2D eigenvalue weighted by molar-refractivity contribution is 7.09. The van der Waals surface area contributed by atoms with Crippen molar-refractivity contribution in [2.24, 2.45) is 5.73 Å². The van der Waals surface area contributed by atoms with Crippen LogP contribution in [0.3, 0.4) is 0 Å². The SMILES string of the molecule is NCC1CCCCN1c1ncns1. The standard InChI is InChI=1S/C8H14N4S/c9-5-7-3-1-2-4-12(7)8-10-6-11-13-8/h6-7H,1-5,9H2. The monoisotopic (exact) mass is 198 g/mol. The van der Waals surface area contributed by atoms with E-state index in [0.717, 1.165) is 18.2 Å². The molecule has 72 valence electrons. The van der Waals surface area contributed by atoms with Crippen molar-refractivity contribution in [2.75, 3.05) is 18.0 Å². The van der Waals surface area contributed by atoms with E-state index in [4.69, 9.17) is 5.73 Å². The van der Waals surface area contributed by atoms with Gasteiger partial charge in [0.2, 0.25) is 5.13 Å². The average molecular weight is 198 g/mol. The zero-order chi connectivity index (χ0) is 9.10. The van der Waals surface area contributed by atoms with E-state index in [-0.39, 0.29) is 0 Å². The van der Waals surface area contributed by atoms with Crippen molar-refractivity contribution < 1.29 is 0 Å². The van der Waals surface area contributed by atoms with Crippen LogP contribution in [0, 0.1) is 0 Å². The lowest BCUT2D eigenvalue weighted by atomic mass is 10.0. The molecule has 0 radical (unpaired) electrons. The maximum atomic E-state index is 5.71. The molecule has 1 aliphatic heterocycles. The molecule has 1 aromatic rings. The van der Waals surface area contributed by atoms with Gasteiger partial charge < -0.3 is 10.6 Å². The molecule has 5 heteroatoms. The molecule has 2 N–H and O–H groups in total. The molecule has 1 atom stereocenters. The van der Waals surface area contributed by atoms with Crippen molar-refractivity contribution in [3.8, 4) is 0 Å². The number of nitrogens with zero attached hydrogens (tertiary/aromatic N) is 3. The average Bonchev–Trinajstić information content (AvgIpc) is 2.70. The smallest absolute Gasteiger partial charge is 0.205 e. The summed E-state index contributed by atoms with van der Waals surface area (Å²) in [6.45, 7) is 1.80.